The van der Waals surface area contributed by atoms with Gasteiger partial charge in [0.1, 0.15) is 0 Å². The van der Waals surface area contributed by atoms with E-state index >= 15 is 0 Å². The molecule has 0 aromatic heterocycles. The highest BCUT2D eigenvalue weighted by atomic mass is 35.5. The summed E-state index contributed by atoms with van der Waals surface area (Å²) >= 11 is 0. The number of nitrogens with one attached hydrogen (secondary N) is 1. The van der Waals surface area contributed by atoms with Crippen LogP contribution in [0.1, 0.15) is 13.3 Å². The van der Waals surface area contributed by atoms with E-state index in [0.717, 1.165) is 45.7 Å². The van der Waals surface area contributed by atoms with Gasteiger partial charge in [0.15, 0.2) is 0 Å². The molecule has 0 spiro atoms. The molecule has 2 heterocycles. The topological polar surface area (TPSA) is 35.6 Å². The number of piperazine rings is 1. The Kier molecular flexibility index (Phi) is 4.59. The van der Waals surface area contributed by atoms with E-state index in [-0.39, 0.29) is 17.8 Å². The molecule has 0 aromatic carbocycles. The minimum absolute atomic E-state index is 0. The van der Waals surface area contributed by atoms with Crippen LogP contribution in [-0.2, 0) is 4.79 Å². The fraction of sp³-hybridized carbons (Fsp3) is 0.909. The van der Waals surface area contributed by atoms with Crippen molar-refractivity contribution in [2.45, 2.75) is 13.3 Å². The molecule has 0 saturated carbocycles. The van der Waals surface area contributed by atoms with Gasteiger partial charge in [-0.1, -0.05) is 0 Å². The van der Waals surface area contributed by atoms with Crippen molar-refractivity contribution in [2.24, 2.45) is 5.41 Å². The van der Waals surface area contributed by atoms with E-state index in [2.05, 4.69) is 24.2 Å². The third-order valence-corrected chi connectivity index (χ3v) is 3.68. The van der Waals surface area contributed by atoms with E-state index in [1.54, 1.807) is 0 Å². The molecule has 94 valence electrons. The van der Waals surface area contributed by atoms with E-state index in [0.29, 0.717) is 5.91 Å². The number of hydrogen-bond acceptors (Lipinski definition) is 3. The number of carbonyl (C=O) groups excluding carboxylic acids is 1. The Morgan fingerprint density at radius 3 is 2.38 bits per heavy atom. The van der Waals surface area contributed by atoms with Crippen molar-refractivity contribution in [1.82, 2.24) is 15.1 Å². The van der Waals surface area contributed by atoms with Crippen LogP contribution in [0.25, 0.3) is 0 Å². The normalized spacial score (nSPS) is 31.2. The Bertz CT molecular complexity index is 246. The van der Waals surface area contributed by atoms with Gasteiger partial charge in [0.05, 0.1) is 5.41 Å². The van der Waals surface area contributed by atoms with Crippen molar-refractivity contribution in [2.75, 3.05) is 46.3 Å². The van der Waals surface area contributed by atoms with Gasteiger partial charge in [0.25, 0.3) is 0 Å². The van der Waals surface area contributed by atoms with E-state index in [9.17, 15) is 4.79 Å². The highest BCUT2D eigenvalue weighted by molar-refractivity contribution is 5.85. The van der Waals surface area contributed by atoms with E-state index in [1.807, 2.05) is 4.90 Å². The van der Waals surface area contributed by atoms with Gasteiger partial charge < -0.3 is 15.1 Å². The lowest BCUT2D eigenvalue weighted by atomic mass is 9.88. The quantitative estimate of drug-likeness (QED) is 0.718. The summed E-state index contributed by atoms with van der Waals surface area (Å²) in [7, 11) is 2.11. The van der Waals surface area contributed by atoms with Crippen LogP contribution >= 0.6 is 12.4 Å². The van der Waals surface area contributed by atoms with Gasteiger partial charge in [-0.2, -0.15) is 0 Å². The molecule has 0 bridgehead atoms. The summed E-state index contributed by atoms with van der Waals surface area (Å²) in [6.45, 7) is 7.72. The highest BCUT2D eigenvalue weighted by Crippen LogP contribution is 2.27. The SMILES string of the molecule is CN1CCN(C(=O)C2(C)CCNC2)CC1.Cl. The smallest absolute Gasteiger partial charge is 0.229 e. The lowest BCUT2D eigenvalue weighted by Gasteiger charge is -2.37. The average Bonchev–Trinajstić information content (AvgIpc) is 2.67. The van der Waals surface area contributed by atoms with Crippen LogP contribution in [0.3, 0.4) is 0 Å². The Morgan fingerprint density at radius 2 is 1.88 bits per heavy atom. The number of rotatable bonds is 1. The molecule has 2 aliphatic rings. The molecule has 0 aromatic rings. The zero-order valence-electron chi connectivity index (χ0n) is 10.2. The summed E-state index contributed by atoms with van der Waals surface area (Å²) in [4.78, 5) is 16.6. The zero-order valence-corrected chi connectivity index (χ0v) is 11.0. The molecule has 1 N–H and O–H groups in total. The van der Waals surface area contributed by atoms with Crippen LogP contribution in [0.15, 0.2) is 0 Å². The van der Waals surface area contributed by atoms with Gasteiger partial charge in [-0.15, -0.1) is 12.4 Å². The summed E-state index contributed by atoms with van der Waals surface area (Å²) < 4.78 is 0. The number of halogens is 1. The molecular formula is C11H22ClN3O. The second kappa shape index (κ2) is 5.34. The molecule has 4 nitrogen and oxygen atoms in total. The Labute approximate surface area is 104 Å². The van der Waals surface area contributed by atoms with Crippen LogP contribution in [0.2, 0.25) is 0 Å². The molecule has 2 aliphatic heterocycles. The summed E-state index contributed by atoms with van der Waals surface area (Å²) in [5.41, 5.74) is -0.143. The monoisotopic (exact) mass is 247 g/mol. The van der Waals surface area contributed by atoms with E-state index in [4.69, 9.17) is 0 Å². The van der Waals surface area contributed by atoms with Crippen LogP contribution in [0.4, 0.5) is 0 Å². The van der Waals surface area contributed by atoms with Gasteiger partial charge in [-0.25, -0.2) is 0 Å². The number of carbonyl (C=O) groups is 1. The van der Waals surface area contributed by atoms with Crippen LogP contribution in [-0.4, -0.2) is 62.0 Å². The lowest BCUT2D eigenvalue weighted by Crippen LogP contribution is -2.52. The van der Waals surface area contributed by atoms with Crippen molar-refractivity contribution < 1.29 is 4.79 Å². The Balaban J connectivity index is 0.00000128. The van der Waals surface area contributed by atoms with E-state index < -0.39 is 0 Å². The summed E-state index contributed by atoms with van der Waals surface area (Å²) in [6, 6.07) is 0. The maximum Gasteiger partial charge on any atom is 0.229 e. The largest absolute Gasteiger partial charge is 0.340 e. The molecule has 1 unspecified atom stereocenters. The standard InChI is InChI=1S/C11H21N3O.ClH/c1-11(3-4-12-9-11)10(15)14-7-5-13(2)6-8-14;/h12H,3-9H2,1-2H3;1H. The van der Waals surface area contributed by atoms with Crippen molar-refractivity contribution in [3.63, 3.8) is 0 Å². The first-order valence-corrected chi connectivity index (χ1v) is 5.80. The van der Waals surface area contributed by atoms with Crippen LogP contribution in [0.5, 0.6) is 0 Å². The van der Waals surface area contributed by atoms with Crippen molar-refractivity contribution in [3.05, 3.63) is 0 Å². The molecule has 1 atom stereocenters. The maximum absolute atomic E-state index is 12.3. The average molecular weight is 248 g/mol. The molecule has 0 radical (unpaired) electrons. The molecule has 2 fully saturated rings. The number of hydrogen-bond donors (Lipinski definition) is 1. The summed E-state index contributed by atoms with van der Waals surface area (Å²) in [6.07, 6.45) is 0.984. The van der Waals surface area contributed by atoms with Crippen LogP contribution in [0, 0.1) is 5.41 Å². The fourth-order valence-corrected chi connectivity index (χ4v) is 2.39. The highest BCUT2D eigenvalue weighted by Gasteiger charge is 2.39. The Morgan fingerprint density at radius 1 is 1.25 bits per heavy atom. The second-order valence-electron chi connectivity index (χ2n) is 5.08. The minimum atomic E-state index is -0.143. The predicted octanol–water partition coefficient (Wildman–Crippen LogP) is 0.182. The first kappa shape index (κ1) is 13.7. The molecule has 2 rings (SSSR count). The van der Waals surface area contributed by atoms with Gasteiger partial charge in [-0.3, -0.25) is 4.79 Å². The number of nitrogens with zero attached hydrogens (tertiary/aromatic N) is 2. The Hall–Kier alpha value is -0.320. The molecule has 5 heteroatoms. The van der Waals surface area contributed by atoms with Gasteiger partial charge in [0, 0.05) is 32.7 Å². The number of amides is 1. The molecule has 2 saturated heterocycles. The van der Waals surface area contributed by atoms with Gasteiger partial charge >= 0.3 is 0 Å². The van der Waals surface area contributed by atoms with Gasteiger partial charge in [-0.05, 0) is 26.9 Å². The zero-order chi connectivity index (χ0) is 10.9. The molecule has 1 amide bonds. The maximum atomic E-state index is 12.3. The predicted molar refractivity (Wildman–Crippen MR) is 66.9 cm³/mol. The van der Waals surface area contributed by atoms with Crippen LogP contribution < -0.4 is 5.32 Å². The van der Waals surface area contributed by atoms with E-state index in [1.165, 1.54) is 0 Å². The second-order valence-corrected chi connectivity index (χ2v) is 5.08. The van der Waals surface area contributed by atoms with Crippen molar-refractivity contribution in [1.29, 1.82) is 0 Å². The fourth-order valence-electron chi connectivity index (χ4n) is 2.39. The minimum Gasteiger partial charge on any atom is -0.340 e. The molecule has 16 heavy (non-hydrogen) atoms. The molecular weight excluding hydrogens is 226 g/mol. The van der Waals surface area contributed by atoms with Gasteiger partial charge in [0.2, 0.25) is 5.91 Å². The third kappa shape index (κ3) is 2.67. The van der Waals surface area contributed by atoms with Crippen molar-refractivity contribution >= 4 is 18.3 Å². The number of likely N-dealkylation sites (N-methyl/N-ethyl adjacent to an activating group) is 1. The first-order chi connectivity index (χ1) is 7.12. The summed E-state index contributed by atoms with van der Waals surface area (Å²) in [5, 5.41) is 3.28. The lowest BCUT2D eigenvalue weighted by molar-refractivity contribution is -0.141. The van der Waals surface area contributed by atoms with Crippen molar-refractivity contribution in [3.8, 4) is 0 Å². The molecule has 0 aliphatic carbocycles. The third-order valence-electron chi connectivity index (χ3n) is 3.68. The first-order valence-electron chi connectivity index (χ1n) is 5.80. The summed E-state index contributed by atoms with van der Waals surface area (Å²) in [5.74, 6) is 0.348.